The normalized spacial score (nSPS) is 19.3. The van der Waals surface area contributed by atoms with E-state index >= 15 is 0 Å². The van der Waals surface area contributed by atoms with Gasteiger partial charge < -0.3 is 10.2 Å². The van der Waals surface area contributed by atoms with Gasteiger partial charge in [-0.2, -0.15) is 0 Å². The lowest BCUT2D eigenvalue weighted by molar-refractivity contribution is 0.183. The highest BCUT2D eigenvalue weighted by molar-refractivity contribution is 9.10. The molecule has 2 aromatic rings. The summed E-state index contributed by atoms with van der Waals surface area (Å²) < 4.78 is 1.03. The monoisotopic (exact) mass is 373 g/mol. The lowest BCUT2D eigenvalue weighted by Gasteiger charge is -2.42. The van der Waals surface area contributed by atoms with Crippen LogP contribution in [0, 0.1) is 0 Å². The maximum atomic E-state index is 10.4. The number of aromatic hydroxyl groups is 2. The zero-order chi connectivity index (χ0) is 16.1. The molecule has 0 fully saturated rings. The molecule has 0 amide bonds. The number of nitrogens with zero attached hydrogens (tertiary/aromatic N) is 1. The molecule has 2 aliphatic rings. The molecule has 1 aliphatic heterocycles. The number of phenolic OH excluding ortho intramolecular Hbond substituents is 2. The average Bonchev–Trinajstić information content (AvgIpc) is 2.53. The van der Waals surface area contributed by atoms with Gasteiger partial charge >= 0.3 is 0 Å². The third-order valence-electron chi connectivity index (χ3n) is 5.11. The Labute approximate surface area is 144 Å². The van der Waals surface area contributed by atoms with Gasteiger partial charge in [0, 0.05) is 22.6 Å². The Bertz CT molecular complexity index is 787. The maximum absolute atomic E-state index is 10.4. The number of phenols is 2. The van der Waals surface area contributed by atoms with Gasteiger partial charge in [-0.3, -0.25) is 4.90 Å². The fraction of sp³-hybridized carbons (Fsp3) is 0.368. The van der Waals surface area contributed by atoms with Gasteiger partial charge in [-0.05, 0) is 66.3 Å². The highest BCUT2D eigenvalue weighted by Crippen LogP contribution is 2.51. The fourth-order valence-corrected chi connectivity index (χ4v) is 4.68. The van der Waals surface area contributed by atoms with Crippen molar-refractivity contribution in [3.8, 4) is 22.6 Å². The van der Waals surface area contributed by atoms with Gasteiger partial charge in [0.2, 0.25) is 0 Å². The second-order valence-electron chi connectivity index (χ2n) is 6.50. The molecule has 4 rings (SSSR count). The molecule has 2 aromatic carbocycles. The summed E-state index contributed by atoms with van der Waals surface area (Å²) in [5.41, 5.74) is 5.68. The van der Waals surface area contributed by atoms with Gasteiger partial charge in [0.15, 0.2) is 11.5 Å². The molecule has 1 atom stereocenters. The summed E-state index contributed by atoms with van der Waals surface area (Å²) in [6.45, 7) is 4.40. The third-order valence-corrected chi connectivity index (χ3v) is 5.57. The van der Waals surface area contributed by atoms with Crippen molar-refractivity contribution < 1.29 is 10.2 Å². The smallest absolute Gasteiger partial charge is 0.165 e. The van der Waals surface area contributed by atoms with Gasteiger partial charge in [-0.15, -0.1) is 0 Å². The Morgan fingerprint density at radius 1 is 1.22 bits per heavy atom. The Morgan fingerprint density at radius 2 is 2.04 bits per heavy atom. The Kier molecular flexibility index (Phi) is 3.62. The molecule has 0 saturated carbocycles. The van der Waals surface area contributed by atoms with Crippen molar-refractivity contribution in [3.63, 3.8) is 0 Å². The van der Waals surface area contributed by atoms with E-state index in [1.165, 1.54) is 11.1 Å². The Hall–Kier alpha value is -1.52. The van der Waals surface area contributed by atoms with Crippen molar-refractivity contribution in [3.05, 3.63) is 45.4 Å². The molecule has 4 heteroatoms. The number of hydrogen-bond acceptors (Lipinski definition) is 3. The molecule has 3 nitrogen and oxygen atoms in total. The summed E-state index contributed by atoms with van der Waals surface area (Å²) in [6, 6.07) is 8.22. The molecule has 0 saturated heterocycles. The first kappa shape index (κ1) is 15.0. The molecular formula is C19H20BrNO2. The van der Waals surface area contributed by atoms with E-state index in [4.69, 9.17) is 0 Å². The molecule has 1 heterocycles. The van der Waals surface area contributed by atoms with E-state index in [0.717, 1.165) is 53.5 Å². The summed E-state index contributed by atoms with van der Waals surface area (Å²) in [4.78, 5) is 2.56. The molecule has 0 spiro atoms. The number of hydrogen-bond donors (Lipinski definition) is 2. The maximum Gasteiger partial charge on any atom is 0.165 e. The predicted octanol–water partition coefficient (Wildman–Crippen LogP) is 4.39. The quantitative estimate of drug-likeness (QED) is 0.767. The topological polar surface area (TPSA) is 43.7 Å². The van der Waals surface area contributed by atoms with Crippen LogP contribution >= 0.6 is 15.9 Å². The van der Waals surface area contributed by atoms with Crippen LogP contribution in [-0.4, -0.2) is 28.2 Å². The van der Waals surface area contributed by atoms with Gasteiger partial charge in [-0.1, -0.05) is 28.9 Å². The van der Waals surface area contributed by atoms with Crippen LogP contribution in [0.3, 0.4) is 0 Å². The molecule has 0 bridgehead atoms. The average molecular weight is 374 g/mol. The first-order chi connectivity index (χ1) is 11.1. The first-order valence-corrected chi connectivity index (χ1v) is 9.00. The van der Waals surface area contributed by atoms with Crippen molar-refractivity contribution in [2.75, 3.05) is 13.1 Å². The van der Waals surface area contributed by atoms with Crippen molar-refractivity contribution >= 4 is 15.9 Å². The van der Waals surface area contributed by atoms with Crippen LogP contribution in [0.1, 0.15) is 36.1 Å². The van der Waals surface area contributed by atoms with E-state index in [1.807, 2.05) is 6.07 Å². The lowest BCUT2D eigenvalue weighted by Crippen LogP contribution is -2.38. The van der Waals surface area contributed by atoms with Crippen LogP contribution in [0.15, 0.2) is 28.7 Å². The highest BCUT2D eigenvalue weighted by atomic mass is 79.9. The summed E-state index contributed by atoms with van der Waals surface area (Å²) in [7, 11) is 0. The lowest BCUT2D eigenvalue weighted by atomic mass is 9.76. The van der Waals surface area contributed by atoms with E-state index < -0.39 is 0 Å². The van der Waals surface area contributed by atoms with Gasteiger partial charge in [0.05, 0.1) is 0 Å². The molecule has 0 radical (unpaired) electrons. The molecule has 0 aromatic heterocycles. The molecule has 23 heavy (non-hydrogen) atoms. The number of rotatable bonds is 2. The molecular weight excluding hydrogens is 354 g/mol. The van der Waals surface area contributed by atoms with E-state index in [1.54, 1.807) is 6.07 Å². The predicted molar refractivity (Wildman–Crippen MR) is 94.9 cm³/mol. The number of fused-ring (bicyclic) bond motifs is 2. The Balaban J connectivity index is 1.98. The minimum Gasteiger partial charge on any atom is -0.504 e. The van der Waals surface area contributed by atoms with Crippen LogP contribution in [-0.2, 0) is 12.8 Å². The van der Waals surface area contributed by atoms with Gasteiger partial charge in [0.25, 0.3) is 0 Å². The molecule has 0 unspecified atom stereocenters. The fourth-order valence-electron chi connectivity index (χ4n) is 4.17. The zero-order valence-corrected chi connectivity index (χ0v) is 14.7. The van der Waals surface area contributed by atoms with Crippen molar-refractivity contribution in [1.29, 1.82) is 0 Å². The number of halogens is 1. The summed E-state index contributed by atoms with van der Waals surface area (Å²) in [5, 5.41) is 20.4. The first-order valence-electron chi connectivity index (χ1n) is 8.20. The van der Waals surface area contributed by atoms with Crippen molar-refractivity contribution in [2.45, 2.75) is 32.2 Å². The largest absolute Gasteiger partial charge is 0.504 e. The zero-order valence-electron chi connectivity index (χ0n) is 13.1. The van der Waals surface area contributed by atoms with Crippen LogP contribution in [0.25, 0.3) is 11.1 Å². The molecule has 120 valence electrons. The van der Waals surface area contributed by atoms with E-state index in [0.29, 0.717) is 6.04 Å². The third kappa shape index (κ3) is 2.27. The SMILES string of the molecule is CCCN1CCc2cc(Br)cc3c2[C@H]1Cc1ccc(O)c(O)c1-3. The van der Waals surface area contributed by atoms with Crippen LogP contribution < -0.4 is 0 Å². The Morgan fingerprint density at radius 3 is 2.83 bits per heavy atom. The van der Waals surface area contributed by atoms with Crippen LogP contribution in [0.4, 0.5) is 0 Å². The van der Waals surface area contributed by atoms with Gasteiger partial charge in [0.1, 0.15) is 0 Å². The minimum atomic E-state index is -0.0443. The minimum absolute atomic E-state index is 0.00821. The van der Waals surface area contributed by atoms with Gasteiger partial charge in [-0.25, -0.2) is 0 Å². The summed E-state index contributed by atoms with van der Waals surface area (Å²) in [6.07, 6.45) is 3.07. The molecule has 2 N–H and O–H groups in total. The number of benzene rings is 2. The second-order valence-corrected chi connectivity index (χ2v) is 7.42. The van der Waals surface area contributed by atoms with E-state index in [9.17, 15) is 10.2 Å². The second kappa shape index (κ2) is 5.53. The van der Waals surface area contributed by atoms with Crippen LogP contribution in [0.5, 0.6) is 11.5 Å². The van der Waals surface area contributed by atoms with E-state index in [-0.39, 0.29) is 11.5 Å². The summed E-state index contributed by atoms with van der Waals surface area (Å²) >= 11 is 3.61. The summed E-state index contributed by atoms with van der Waals surface area (Å²) in [5.74, 6) is -0.0361. The van der Waals surface area contributed by atoms with Crippen LogP contribution in [0.2, 0.25) is 0 Å². The van der Waals surface area contributed by atoms with Crippen molar-refractivity contribution in [1.82, 2.24) is 4.90 Å². The van der Waals surface area contributed by atoms with E-state index in [2.05, 4.69) is 39.9 Å². The molecule has 1 aliphatic carbocycles. The standard InChI is InChI=1S/C19H20BrNO2/c1-2-6-21-7-5-12-8-13(20)10-14-17(12)15(21)9-11-3-4-16(22)19(23)18(11)14/h3-4,8,10,15,22-23H,2,5-7,9H2,1H3/t15-/m1/s1. The van der Waals surface area contributed by atoms with Crippen molar-refractivity contribution in [2.24, 2.45) is 0 Å². The highest BCUT2D eigenvalue weighted by Gasteiger charge is 2.35.